The zero-order valence-corrected chi connectivity index (χ0v) is 16.7. The number of hydrogen-bond acceptors (Lipinski definition) is 4. The summed E-state index contributed by atoms with van der Waals surface area (Å²) in [6.45, 7) is 8.01. The number of thiophene rings is 1. The summed E-state index contributed by atoms with van der Waals surface area (Å²) in [5.74, 6) is 0.136. The van der Waals surface area contributed by atoms with Crippen molar-refractivity contribution < 1.29 is 9.53 Å². The quantitative estimate of drug-likeness (QED) is 0.707. The van der Waals surface area contributed by atoms with Crippen LogP contribution in [-0.4, -0.2) is 60.1 Å². The number of morpholine rings is 1. The molecule has 0 bridgehead atoms. The zero-order chi connectivity index (χ0) is 17.1. The van der Waals surface area contributed by atoms with Crippen LogP contribution in [0.1, 0.15) is 31.6 Å². The normalized spacial score (nSPS) is 28.8. The smallest absolute Gasteiger partial charge is 0.246 e. The Balaban J connectivity index is 1.58. The van der Waals surface area contributed by atoms with Crippen LogP contribution in [0.5, 0.6) is 0 Å². The predicted molar refractivity (Wildman–Crippen MR) is 102 cm³/mol. The van der Waals surface area contributed by atoms with Crippen molar-refractivity contribution in [3.8, 4) is 0 Å². The van der Waals surface area contributed by atoms with E-state index in [0.717, 1.165) is 47.7 Å². The number of rotatable bonds is 4. The van der Waals surface area contributed by atoms with Crippen LogP contribution >= 0.6 is 27.3 Å². The predicted octanol–water partition coefficient (Wildman–Crippen LogP) is 3.62. The molecule has 1 amide bonds. The first kappa shape index (κ1) is 18.1. The van der Waals surface area contributed by atoms with Gasteiger partial charge in [0.1, 0.15) is 0 Å². The summed E-state index contributed by atoms with van der Waals surface area (Å²) >= 11 is 5.09. The SMILES string of the molecule is CC1CN(CC2CCCN2C(=O)/C=C/c2ccc(Br)s2)CC(C)O1. The van der Waals surface area contributed by atoms with Crippen molar-refractivity contribution in [2.75, 3.05) is 26.2 Å². The largest absolute Gasteiger partial charge is 0.373 e. The molecule has 2 saturated heterocycles. The average molecular weight is 413 g/mol. The van der Waals surface area contributed by atoms with Crippen LogP contribution in [0.4, 0.5) is 0 Å². The standard InChI is InChI=1S/C18H25BrN2O2S/c1-13-10-20(11-14(2)23-13)12-15-4-3-9-21(15)18(22)8-6-16-5-7-17(19)24-16/h5-8,13-15H,3-4,9-12H2,1-2H3/b8-6+. The number of carbonyl (C=O) groups is 1. The lowest BCUT2D eigenvalue weighted by Crippen LogP contribution is -2.50. The Morgan fingerprint density at radius 2 is 2.12 bits per heavy atom. The number of halogens is 1. The van der Waals surface area contributed by atoms with E-state index in [4.69, 9.17) is 4.74 Å². The lowest BCUT2D eigenvalue weighted by atomic mass is 10.1. The lowest BCUT2D eigenvalue weighted by Gasteiger charge is -2.38. The van der Waals surface area contributed by atoms with Crippen molar-refractivity contribution in [1.82, 2.24) is 9.80 Å². The van der Waals surface area contributed by atoms with Gasteiger partial charge < -0.3 is 9.64 Å². The number of carbonyl (C=O) groups excluding carboxylic acids is 1. The number of nitrogens with zero attached hydrogens (tertiary/aromatic N) is 2. The topological polar surface area (TPSA) is 32.8 Å². The van der Waals surface area contributed by atoms with Gasteiger partial charge in [-0.05, 0) is 60.8 Å². The molecule has 132 valence electrons. The molecule has 3 unspecified atom stereocenters. The van der Waals surface area contributed by atoms with Gasteiger partial charge in [-0.25, -0.2) is 0 Å². The van der Waals surface area contributed by atoms with E-state index in [9.17, 15) is 4.79 Å². The van der Waals surface area contributed by atoms with Gasteiger partial charge >= 0.3 is 0 Å². The number of amides is 1. The molecular formula is C18H25BrN2O2S. The maximum absolute atomic E-state index is 12.6. The third-order valence-corrected chi connectivity index (χ3v) is 6.20. The molecule has 0 aliphatic carbocycles. The summed E-state index contributed by atoms with van der Waals surface area (Å²) in [4.78, 5) is 18.2. The molecule has 3 heterocycles. The second-order valence-corrected chi connectivity index (χ2v) is 9.27. The summed E-state index contributed by atoms with van der Waals surface area (Å²) in [5.41, 5.74) is 0. The molecule has 6 heteroatoms. The van der Waals surface area contributed by atoms with Crippen LogP contribution in [0.25, 0.3) is 6.08 Å². The minimum absolute atomic E-state index is 0.136. The van der Waals surface area contributed by atoms with Crippen LogP contribution in [-0.2, 0) is 9.53 Å². The molecule has 1 aromatic heterocycles. The molecule has 24 heavy (non-hydrogen) atoms. The highest BCUT2D eigenvalue weighted by Gasteiger charge is 2.31. The fourth-order valence-electron chi connectivity index (χ4n) is 3.71. The Morgan fingerprint density at radius 3 is 2.79 bits per heavy atom. The van der Waals surface area contributed by atoms with Gasteiger partial charge in [-0.1, -0.05) is 0 Å². The van der Waals surface area contributed by atoms with Crippen molar-refractivity contribution >= 4 is 39.2 Å². The maximum Gasteiger partial charge on any atom is 0.246 e. The van der Waals surface area contributed by atoms with E-state index < -0.39 is 0 Å². The Kier molecular flexibility index (Phi) is 6.13. The molecule has 2 aliphatic rings. The lowest BCUT2D eigenvalue weighted by molar-refractivity contribution is -0.127. The van der Waals surface area contributed by atoms with E-state index in [0.29, 0.717) is 6.04 Å². The maximum atomic E-state index is 12.6. The van der Waals surface area contributed by atoms with Gasteiger partial charge in [-0.15, -0.1) is 11.3 Å². The summed E-state index contributed by atoms with van der Waals surface area (Å²) in [7, 11) is 0. The van der Waals surface area contributed by atoms with Crippen LogP contribution in [0, 0.1) is 0 Å². The molecule has 3 rings (SSSR count). The second kappa shape index (κ2) is 8.13. The first-order chi connectivity index (χ1) is 11.5. The fourth-order valence-corrected chi connectivity index (χ4v) is 5.04. The summed E-state index contributed by atoms with van der Waals surface area (Å²) in [5, 5.41) is 0. The van der Waals surface area contributed by atoms with Crippen molar-refractivity contribution in [2.24, 2.45) is 0 Å². The molecule has 2 fully saturated rings. The van der Waals surface area contributed by atoms with Gasteiger partial charge in [0.05, 0.1) is 16.0 Å². The molecule has 0 radical (unpaired) electrons. The van der Waals surface area contributed by atoms with Crippen LogP contribution in [0.3, 0.4) is 0 Å². The third kappa shape index (κ3) is 4.69. The van der Waals surface area contributed by atoms with Crippen LogP contribution < -0.4 is 0 Å². The fraction of sp³-hybridized carbons (Fsp3) is 0.611. The Morgan fingerprint density at radius 1 is 1.38 bits per heavy atom. The van der Waals surface area contributed by atoms with Gasteiger partial charge in [0.15, 0.2) is 0 Å². The minimum atomic E-state index is 0.136. The second-order valence-electron chi connectivity index (χ2n) is 6.78. The number of hydrogen-bond donors (Lipinski definition) is 0. The monoisotopic (exact) mass is 412 g/mol. The van der Waals surface area contributed by atoms with E-state index in [1.165, 1.54) is 0 Å². The number of likely N-dealkylation sites (tertiary alicyclic amines) is 1. The Labute approximate surface area is 156 Å². The highest BCUT2D eigenvalue weighted by atomic mass is 79.9. The van der Waals surface area contributed by atoms with E-state index in [1.54, 1.807) is 17.4 Å². The molecule has 0 spiro atoms. The van der Waals surface area contributed by atoms with E-state index in [-0.39, 0.29) is 18.1 Å². The average Bonchev–Trinajstić information content (AvgIpc) is 3.13. The molecule has 0 aromatic carbocycles. The van der Waals surface area contributed by atoms with Crippen molar-refractivity contribution in [3.63, 3.8) is 0 Å². The molecule has 1 aromatic rings. The molecule has 2 aliphatic heterocycles. The van der Waals surface area contributed by atoms with Crippen LogP contribution in [0.15, 0.2) is 22.0 Å². The van der Waals surface area contributed by atoms with E-state index in [1.807, 2.05) is 23.1 Å². The van der Waals surface area contributed by atoms with E-state index >= 15 is 0 Å². The molecular weight excluding hydrogens is 388 g/mol. The summed E-state index contributed by atoms with van der Waals surface area (Å²) in [6, 6.07) is 4.36. The van der Waals surface area contributed by atoms with Gasteiger partial charge in [-0.2, -0.15) is 0 Å². The molecule has 3 atom stereocenters. The summed E-state index contributed by atoms with van der Waals surface area (Å²) < 4.78 is 6.90. The van der Waals surface area contributed by atoms with Crippen molar-refractivity contribution in [2.45, 2.75) is 44.9 Å². The van der Waals surface area contributed by atoms with Gasteiger partial charge in [0, 0.05) is 43.2 Å². The first-order valence-electron chi connectivity index (χ1n) is 8.63. The van der Waals surface area contributed by atoms with E-state index in [2.05, 4.69) is 34.7 Å². The highest BCUT2D eigenvalue weighted by Crippen LogP contribution is 2.24. The summed E-state index contributed by atoms with van der Waals surface area (Å²) in [6.07, 6.45) is 6.40. The highest BCUT2D eigenvalue weighted by molar-refractivity contribution is 9.11. The van der Waals surface area contributed by atoms with Gasteiger partial charge in [0.25, 0.3) is 0 Å². The van der Waals surface area contributed by atoms with Crippen LogP contribution in [0.2, 0.25) is 0 Å². The van der Waals surface area contributed by atoms with Gasteiger partial charge in [0.2, 0.25) is 5.91 Å². The Hall–Kier alpha value is -0.690. The van der Waals surface area contributed by atoms with Gasteiger partial charge in [-0.3, -0.25) is 9.69 Å². The molecule has 0 saturated carbocycles. The number of ether oxygens (including phenoxy) is 1. The Bertz CT molecular complexity index is 594. The minimum Gasteiger partial charge on any atom is -0.373 e. The van der Waals surface area contributed by atoms with Crippen molar-refractivity contribution in [1.29, 1.82) is 0 Å². The third-order valence-electron chi connectivity index (χ3n) is 4.61. The molecule has 0 N–H and O–H groups in total. The first-order valence-corrected chi connectivity index (χ1v) is 10.2. The van der Waals surface area contributed by atoms with Crippen molar-refractivity contribution in [3.05, 3.63) is 26.9 Å². The zero-order valence-electron chi connectivity index (χ0n) is 14.3. The molecule has 4 nitrogen and oxygen atoms in total.